The highest BCUT2D eigenvalue weighted by Crippen LogP contribution is 2.13. The van der Waals surface area contributed by atoms with E-state index in [0.717, 1.165) is 29.6 Å². The number of hydrogen-bond donors (Lipinski definition) is 0. The van der Waals surface area contributed by atoms with Crippen molar-refractivity contribution in [2.24, 2.45) is 5.92 Å². The maximum atomic E-state index is 12.1. The van der Waals surface area contributed by atoms with Gasteiger partial charge in [0.25, 0.3) is 0 Å². The summed E-state index contributed by atoms with van der Waals surface area (Å²) >= 11 is 0. The fourth-order valence-corrected chi connectivity index (χ4v) is 2.60. The van der Waals surface area contributed by atoms with Crippen molar-refractivity contribution in [3.8, 4) is 5.75 Å². The maximum absolute atomic E-state index is 12.1. The lowest BCUT2D eigenvalue weighted by molar-refractivity contribution is -0.207. The van der Waals surface area contributed by atoms with Gasteiger partial charge in [-0.2, -0.15) is 0 Å². The molecule has 0 aliphatic heterocycles. The van der Waals surface area contributed by atoms with Crippen molar-refractivity contribution in [3.05, 3.63) is 60.2 Å². The lowest BCUT2D eigenvalue weighted by Crippen LogP contribution is -2.17. The molecule has 0 aliphatic carbocycles. The zero-order valence-electron chi connectivity index (χ0n) is 12.5. The minimum absolute atomic E-state index is 0.115. The monoisotopic (exact) mass is 299 g/mol. The summed E-state index contributed by atoms with van der Waals surface area (Å²) in [6.07, 6.45) is 1.05. The molecule has 0 bridgehead atoms. The largest absolute Gasteiger partial charge is 0.823 e. The molecule has 0 fully saturated rings. The Hall–Kier alpha value is -1.63. The van der Waals surface area contributed by atoms with Gasteiger partial charge in [0.15, 0.2) is 0 Å². The van der Waals surface area contributed by atoms with E-state index in [9.17, 15) is 5.11 Å². The van der Waals surface area contributed by atoms with Crippen LogP contribution >= 0.6 is 8.20 Å². The molecule has 0 atom stereocenters. The molecule has 0 unspecified atom stereocenters. The van der Waals surface area contributed by atoms with Crippen molar-refractivity contribution in [3.63, 3.8) is 0 Å². The highest BCUT2D eigenvalue weighted by Gasteiger charge is 1.97. The maximum Gasteiger partial charge on any atom is 0.119 e. The van der Waals surface area contributed by atoms with Gasteiger partial charge >= 0.3 is 0 Å². The topological polar surface area (TPSA) is 32.3 Å². The van der Waals surface area contributed by atoms with Gasteiger partial charge in [0.1, 0.15) is 5.75 Å². The second-order valence-electron chi connectivity index (χ2n) is 5.31. The quantitative estimate of drug-likeness (QED) is 0.767. The molecule has 0 spiro atoms. The molecule has 0 heterocycles. The van der Waals surface area contributed by atoms with Crippen LogP contribution in [0.1, 0.15) is 25.8 Å². The molecule has 3 heteroatoms. The van der Waals surface area contributed by atoms with Gasteiger partial charge in [0.05, 0.1) is 6.61 Å². The van der Waals surface area contributed by atoms with Gasteiger partial charge < -0.3 is 9.84 Å². The number of rotatable bonds is 6. The van der Waals surface area contributed by atoms with E-state index in [-0.39, 0.29) is 5.48 Å². The average Bonchev–Trinajstić information content (AvgIpc) is 2.49. The van der Waals surface area contributed by atoms with Crippen LogP contribution < -0.4 is 15.1 Å². The summed E-state index contributed by atoms with van der Waals surface area (Å²) in [7, 11) is 0.698. The van der Waals surface area contributed by atoms with E-state index in [2.05, 4.69) is 13.8 Å². The van der Waals surface area contributed by atoms with Gasteiger partial charge in [-0.25, -0.2) is 0 Å². The van der Waals surface area contributed by atoms with Gasteiger partial charge in [0, 0.05) is 5.30 Å². The summed E-state index contributed by atoms with van der Waals surface area (Å²) in [5.41, 5.74) is 0.862. The summed E-state index contributed by atoms with van der Waals surface area (Å²) in [5.74, 6) is 1.51. The standard InChI is InChI=1S/C18H21O2P/c1-14(2)12-13-20-16-8-10-17(11-9-16)21-18(19)15-6-4-3-5-7-15/h3-11,14,19H,12-13H2,1-2H3/p-1. The molecule has 2 aromatic rings. The molecule has 21 heavy (non-hydrogen) atoms. The molecule has 2 rings (SSSR count). The first-order valence-electron chi connectivity index (χ1n) is 7.19. The van der Waals surface area contributed by atoms with E-state index in [1.807, 2.05) is 54.6 Å². The third kappa shape index (κ3) is 5.34. The molecule has 0 amide bonds. The molecular formula is C18H20O2P-. The third-order valence-electron chi connectivity index (χ3n) is 3.05. The zero-order valence-corrected chi connectivity index (χ0v) is 13.3. The smallest absolute Gasteiger partial charge is 0.119 e. The minimum Gasteiger partial charge on any atom is -0.823 e. The highest BCUT2D eigenvalue weighted by molar-refractivity contribution is 7.48. The molecule has 2 aromatic carbocycles. The molecule has 0 aliphatic rings. The van der Waals surface area contributed by atoms with Crippen molar-refractivity contribution < 1.29 is 9.84 Å². The number of ether oxygens (including phenoxy) is 1. The number of benzene rings is 2. The van der Waals surface area contributed by atoms with Crippen molar-refractivity contribution in [1.29, 1.82) is 0 Å². The first-order chi connectivity index (χ1) is 10.1. The summed E-state index contributed by atoms with van der Waals surface area (Å²) in [5, 5.41) is 13.1. The molecule has 0 aromatic heterocycles. The lowest BCUT2D eigenvalue weighted by atomic mass is 10.1. The molecule has 0 saturated carbocycles. The lowest BCUT2D eigenvalue weighted by Gasteiger charge is -2.12. The third-order valence-corrected chi connectivity index (χ3v) is 4.07. The molecule has 0 radical (unpaired) electrons. The molecular weight excluding hydrogens is 279 g/mol. The SMILES string of the molecule is CC(C)CCOc1ccc(P=C([O-])c2ccccc2)cc1. The Morgan fingerprint density at radius 3 is 2.33 bits per heavy atom. The summed E-state index contributed by atoms with van der Waals surface area (Å²) in [6, 6.07) is 17.1. The minimum atomic E-state index is 0.115. The van der Waals surface area contributed by atoms with E-state index < -0.39 is 0 Å². The van der Waals surface area contributed by atoms with Crippen LogP contribution in [-0.4, -0.2) is 12.1 Å². The van der Waals surface area contributed by atoms with Gasteiger partial charge in [-0.05, 0) is 42.2 Å². The highest BCUT2D eigenvalue weighted by atomic mass is 31.1. The van der Waals surface area contributed by atoms with Crippen LogP contribution in [0, 0.1) is 5.92 Å². The molecule has 110 valence electrons. The predicted molar refractivity (Wildman–Crippen MR) is 88.5 cm³/mol. The Balaban J connectivity index is 1.99. The molecule has 0 saturated heterocycles. The van der Waals surface area contributed by atoms with Crippen LogP contribution in [0.4, 0.5) is 0 Å². The van der Waals surface area contributed by atoms with E-state index in [1.165, 1.54) is 0 Å². The van der Waals surface area contributed by atoms with Crippen LogP contribution in [0.5, 0.6) is 5.75 Å². The van der Waals surface area contributed by atoms with Crippen molar-refractivity contribution in [2.45, 2.75) is 20.3 Å². The van der Waals surface area contributed by atoms with E-state index in [0.29, 0.717) is 14.1 Å². The number of hydrogen-bond acceptors (Lipinski definition) is 2. The van der Waals surface area contributed by atoms with Gasteiger partial charge in [-0.15, -0.1) is 5.48 Å². The van der Waals surface area contributed by atoms with Gasteiger partial charge in [0.2, 0.25) is 0 Å². The van der Waals surface area contributed by atoms with Crippen LogP contribution in [-0.2, 0) is 0 Å². The fraction of sp³-hybridized carbons (Fsp3) is 0.278. The van der Waals surface area contributed by atoms with E-state index >= 15 is 0 Å². The van der Waals surface area contributed by atoms with Gasteiger partial charge in [-0.3, -0.25) is 0 Å². The Morgan fingerprint density at radius 2 is 1.71 bits per heavy atom. The second kappa shape index (κ2) is 7.97. The average molecular weight is 299 g/mol. The van der Waals surface area contributed by atoms with Crippen molar-refractivity contribution >= 4 is 19.0 Å². The fourth-order valence-electron chi connectivity index (χ4n) is 1.79. The molecule has 0 N–H and O–H groups in total. The van der Waals surface area contributed by atoms with Crippen LogP contribution in [0.15, 0.2) is 54.6 Å². The molecule has 2 nitrogen and oxygen atoms in total. The van der Waals surface area contributed by atoms with E-state index in [1.54, 1.807) is 0 Å². The van der Waals surface area contributed by atoms with Gasteiger partial charge in [-0.1, -0.05) is 52.4 Å². The van der Waals surface area contributed by atoms with E-state index in [4.69, 9.17) is 4.74 Å². The first kappa shape index (κ1) is 15.8. The van der Waals surface area contributed by atoms with Crippen molar-refractivity contribution in [2.75, 3.05) is 6.61 Å². The Labute approximate surface area is 128 Å². The summed E-state index contributed by atoms with van der Waals surface area (Å²) in [4.78, 5) is 0. The van der Waals surface area contributed by atoms with Crippen LogP contribution in [0.25, 0.3) is 0 Å². The van der Waals surface area contributed by atoms with Crippen molar-refractivity contribution in [1.82, 2.24) is 0 Å². The summed E-state index contributed by atoms with van der Waals surface area (Å²) < 4.78 is 5.67. The zero-order chi connectivity index (χ0) is 15.1. The summed E-state index contributed by atoms with van der Waals surface area (Å²) in [6.45, 7) is 5.10. The first-order valence-corrected chi connectivity index (χ1v) is 8.08. The van der Waals surface area contributed by atoms with Crippen LogP contribution in [0.3, 0.4) is 0 Å². The Kier molecular flexibility index (Phi) is 5.98. The predicted octanol–water partition coefficient (Wildman–Crippen LogP) is 3.22. The Bertz CT molecular complexity index is 574. The normalized spacial score (nSPS) is 11.7. The van der Waals surface area contributed by atoms with Crippen LogP contribution in [0.2, 0.25) is 0 Å². The Morgan fingerprint density at radius 1 is 1.05 bits per heavy atom. The second-order valence-corrected chi connectivity index (χ2v) is 6.45.